The molecular formula is C22H26N3O3S+. The Bertz CT molecular complexity index is 1050. The van der Waals surface area contributed by atoms with Crippen LogP contribution in [0.2, 0.25) is 0 Å². The lowest BCUT2D eigenvalue weighted by Gasteiger charge is -2.44. The van der Waals surface area contributed by atoms with E-state index in [1.807, 2.05) is 33.9 Å². The van der Waals surface area contributed by atoms with Crippen LogP contribution in [0.15, 0.2) is 52.9 Å². The van der Waals surface area contributed by atoms with Crippen LogP contribution in [-0.4, -0.2) is 40.3 Å². The van der Waals surface area contributed by atoms with Gasteiger partial charge in [-0.15, -0.1) is 0 Å². The number of aromatic nitrogens is 2. The van der Waals surface area contributed by atoms with Gasteiger partial charge in [0.2, 0.25) is 5.70 Å². The molecule has 1 spiro atoms. The number of imidazole rings is 1. The molecule has 1 aromatic heterocycles. The average molecular weight is 413 g/mol. The molecular weight excluding hydrogens is 386 g/mol. The maximum Gasteiger partial charge on any atom is 0.393 e. The van der Waals surface area contributed by atoms with Gasteiger partial charge in [-0.2, -0.15) is 4.98 Å². The Morgan fingerprint density at radius 1 is 1.34 bits per heavy atom. The van der Waals surface area contributed by atoms with Crippen molar-refractivity contribution in [3.05, 3.63) is 47.8 Å². The fraction of sp³-hybridized carbons (Fsp3) is 0.409. The van der Waals surface area contributed by atoms with Gasteiger partial charge in [-0.05, 0) is 30.3 Å². The highest BCUT2D eigenvalue weighted by atomic mass is 32.2. The third kappa shape index (κ3) is 2.50. The molecule has 0 radical (unpaired) electrons. The SMILES string of the molecule is COC(=O)C1=CC=CC23CC=CC(C)=C2n2c(SC(=O)C(C)(C)C)cnc2[N+]13C. The lowest BCUT2D eigenvalue weighted by atomic mass is 9.80. The topological polar surface area (TPSA) is 61.2 Å². The highest BCUT2D eigenvalue weighted by Gasteiger charge is 2.65. The van der Waals surface area contributed by atoms with Gasteiger partial charge in [0, 0.05) is 17.9 Å². The molecule has 2 atom stereocenters. The Hall–Kier alpha value is -2.38. The van der Waals surface area contributed by atoms with Crippen molar-refractivity contribution in [3.8, 4) is 0 Å². The number of carbonyl (C=O) groups is 2. The summed E-state index contributed by atoms with van der Waals surface area (Å²) in [5.41, 5.74) is 1.71. The van der Waals surface area contributed by atoms with Crippen LogP contribution >= 0.6 is 11.8 Å². The number of ether oxygens (including phenoxy) is 1. The zero-order chi connectivity index (χ0) is 21.2. The smallest absolute Gasteiger partial charge is 0.393 e. The Kier molecular flexibility index (Phi) is 4.33. The summed E-state index contributed by atoms with van der Waals surface area (Å²) in [6, 6.07) is 0. The summed E-state index contributed by atoms with van der Waals surface area (Å²) in [4.78, 5) is 30.2. The van der Waals surface area contributed by atoms with E-state index in [-0.39, 0.29) is 15.6 Å². The molecule has 1 aromatic rings. The second kappa shape index (κ2) is 6.31. The van der Waals surface area contributed by atoms with Crippen LogP contribution in [0.3, 0.4) is 0 Å². The largest absolute Gasteiger partial charge is 0.462 e. The highest BCUT2D eigenvalue weighted by Crippen LogP contribution is 2.57. The first-order valence-corrected chi connectivity index (χ1v) is 10.4. The van der Waals surface area contributed by atoms with Crippen molar-refractivity contribution >= 4 is 34.5 Å². The molecule has 3 aliphatic rings. The Balaban J connectivity index is 1.98. The van der Waals surface area contributed by atoms with Crippen LogP contribution in [0.1, 0.15) is 34.1 Å². The minimum atomic E-state index is -0.499. The third-order valence-electron chi connectivity index (χ3n) is 6.02. The summed E-state index contributed by atoms with van der Waals surface area (Å²) < 4.78 is 7.37. The lowest BCUT2D eigenvalue weighted by Crippen LogP contribution is -2.62. The van der Waals surface area contributed by atoms with Crippen LogP contribution in [0.5, 0.6) is 0 Å². The number of esters is 1. The van der Waals surface area contributed by atoms with Crippen molar-refractivity contribution in [3.63, 3.8) is 0 Å². The summed E-state index contributed by atoms with van der Waals surface area (Å²) in [7, 11) is 3.40. The minimum absolute atomic E-state index is 0.0747. The van der Waals surface area contributed by atoms with Crippen molar-refractivity contribution in [1.29, 1.82) is 0 Å². The van der Waals surface area contributed by atoms with E-state index in [4.69, 9.17) is 9.72 Å². The van der Waals surface area contributed by atoms with Crippen molar-refractivity contribution in [2.24, 2.45) is 5.41 Å². The number of nitrogens with zero attached hydrogens (tertiary/aromatic N) is 3. The number of methoxy groups -OCH3 is 1. The Morgan fingerprint density at radius 2 is 2.07 bits per heavy atom. The van der Waals surface area contributed by atoms with Gasteiger partial charge in [0.1, 0.15) is 5.03 Å². The first kappa shape index (κ1) is 19.9. The van der Waals surface area contributed by atoms with E-state index in [1.54, 1.807) is 12.3 Å². The fourth-order valence-corrected chi connectivity index (χ4v) is 5.34. The molecule has 0 fully saturated rings. The maximum atomic E-state index is 12.8. The first-order valence-electron chi connectivity index (χ1n) is 9.62. The average Bonchev–Trinajstić information content (AvgIpc) is 3.16. The number of thioether (sulfide) groups is 1. The monoisotopic (exact) mass is 412 g/mol. The number of quaternary nitrogens is 1. The van der Waals surface area contributed by atoms with Gasteiger partial charge in [0.25, 0.3) is 0 Å². The Labute approximate surface area is 175 Å². The molecule has 152 valence electrons. The number of rotatable bonds is 2. The molecule has 0 bridgehead atoms. The van der Waals surface area contributed by atoms with Gasteiger partial charge in [0.05, 0.1) is 26.1 Å². The number of fused-ring (bicyclic) bond motifs is 3. The first-order chi connectivity index (χ1) is 13.6. The molecule has 2 unspecified atom stereocenters. The second-order valence-corrected chi connectivity index (χ2v) is 9.84. The van der Waals surface area contributed by atoms with Gasteiger partial charge in [-0.3, -0.25) is 4.79 Å². The normalized spacial score (nSPS) is 27.3. The van der Waals surface area contributed by atoms with Crippen LogP contribution in [0, 0.1) is 5.41 Å². The van der Waals surface area contributed by atoms with Crippen LogP contribution in [0.4, 0.5) is 5.95 Å². The zero-order valence-electron chi connectivity index (χ0n) is 17.6. The van der Waals surface area contributed by atoms with Crippen LogP contribution < -0.4 is 4.48 Å². The number of allylic oxidation sites excluding steroid dienone is 4. The molecule has 0 saturated carbocycles. The predicted octanol–water partition coefficient (Wildman–Crippen LogP) is 4.06. The number of carbonyl (C=O) groups excluding carboxylic acids is 2. The van der Waals surface area contributed by atoms with Gasteiger partial charge in [0.15, 0.2) is 10.7 Å². The van der Waals surface area contributed by atoms with E-state index >= 15 is 0 Å². The third-order valence-corrected chi connectivity index (χ3v) is 7.32. The lowest BCUT2D eigenvalue weighted by molar-refractivity contribution is -0.138. The molecule has 0 aromatic carbocycles. The number of hydrogen-bond acceptors (Lipinski definition) is 5. The molecule has 7 heteroatoms. The summed E-state index contributed by atoms with van der Waals surface area (Å²) in [6.07, 6.45) is 12.6. The van der Waals surface area contributed by atoms with E-state index in [1.165, 1.54) is 18.9 Å². The van der Waals surface area contributed by atoms with Crippen molar-refractivity contribution in [1.82, 2.24) is 14.0 Å². The van der Waals surface area contributed by atoms with E-state index in [0.29, 0.717) is 11.6 Å². The molecule has 0 N–H and O–H groups in total. The van der Waals surface area contributed by atoms with Crippen LogP contribution in [0.25, 0.3) is 5.70 Å². The molecule has 4 rings (SSSR count). The molecule has 1 aliphatic carbocycles. The van der Waals surface area contributed by atoms with Crippen molar-refractivity contribution < 1.29 is 14.3 Å². The molecule has 29 heavy (non-hydrogen) atoms. The van der Waals surface area contributed by atoms with E-state index in [0.717, 1.165) is 22.7 Å². The molecule has 3 heterocycles. The molecule has 0 saturated heterocycles. The molecule has 0 amide bonds. The van der Waals surface area contributed by atoms with Crippen molar-refractivity contribution in [2.45, 2.75) is 44.7 Å². The quantitative estimate of drug-likeness (QED) is 0.417. The standard InChI is InChI=1S/C22H26N3O3S/c1-14-9-7-11-22-12-8-10-15(18(26)28-6)25(22,5)20-23-13-16(24(20)17(14)22)29-19(27)21(2,3)4/h7-10,12-13H,11H2,1-6H3/q+1. The summed E-state index contributed by atoms with van der Waals surface area (Å²) in [6.45, 7) is 7.81. The summed E-state index contributed by atoms with van der Waals surface area (Å²) in [5.74, 6) is 0.340. The number of likely N-dealkylation sites (N-methyl/N-ethyl adjacent to an activating group) is 1. The summed E-state index contributed by atoms with van der Waals surface area (Å²) in [5, 5.41) is 0.848. The fourth-order valence-electron chi connectivity index (χ4n) is 4.47. The predicted molar refractivity (Wildman–Crippen MR) is 115 cm³/mol. The Morgan fingerprint density at radius 3 is 2.72 bits per heavy atom. The highest BCUT2D eigenvalue weighted by molar-refractivity contribution is 8.13. The van der Waals surface area contributed by atoms with Gasteiger partial charge in [-0.1, -0.05) is 39.0 Å². The second-order valence-electron chi connectivity index (χ2n) is 8.84. The van der Waals surface area contributed by atoms with Gasteiger partial charge < -0.3 is 4.74 Å². The maximum absolute atomic E-state index is 12.8. The zero-order valence-corrected chi connectivity index (χ0v) is 18.5. The van der Waals surface area contributed by atoms with Crippen molar-refractivity contribution in [2.75, 3.05) is 14.2 Å². The minimum Gasteiger partial charge on any atom is -0.462 e. The van der Waals surface area contributed by atoms with Crippen LogP contribution in [-0.2, 0) is 14.3 Å². The van der Waals surface area contributed by atoms with Gasteiger partial charge in [-0.25, -0.2) is 13.8 Å². The van der Waals surface area contributed by atoms with E-state index in [2.05, 4.69) is 29.7 Å². The van der Waals surface area contributed by atoms with Gasteiger partial charge >= 0.3 is 11.9 Å². The summed E-state index contributed by atoms with van der Waals surface area (Å²) >= 11 is 1.21. The molecule has 2 aliphatic heterocycles. The van der Waals surface area contributed by atoms with E-state index < -0.39 is 11.0 Å². The number of hydrogen-bond donors (Lipinski definition) is 0. The van der Waals surface area contributed by atoms with E-state index in [9.17, 15) is 9.59 Å². The molecule has 6 nitrogen and oxygen atoms in total.